The van der Waals surface area contributed by atoms with E-state index < -0.39 is 22.8 Å². The Morgan fingerprint density at radius 1 is 1.21 bits per heavy atom. The molecule has 1 aliphatic rings. The SMILES string of the molecule is Cc1ccc(-c2ccc(/C=C3/SC(=S)N(C(C(=O)O)c4ccccc4)C3=O)o2)c([N+](=O)[O-])c1. The summed E-state index contributed by atoms with van der Waals surface area (Å²) in [6.45, 7) is 1.76. The van der Waals surface area contributed by atoms with E-state index in [-0.39, 0.29) is 26.4 Å². The zero-order chi connectivity index (χ0) is 23.7. The lowest BCUT2D eigenvalue weighted by Crippen LogP contribution is -2.37. The van der Waals surface area contributed by atoms with Crippen molar-refractivity contribution in [3.05, 3.63) is 92.6 Å². The topological polar surface area (TPSA) is 114 Å². The van der Waals surface area contributed by atoms with E-state index >= 15 is 0 Å². The van der Waals surface area contributed by atoms with Crippen molar-refractivity contribution < 1.29 is 24.0 Å². The largest absolute Gasteiger partial charge is 0.479 e. The van der Waals surface area contributed by atoms with Crippen LogP contribution in [0.2, 0.25) is 0 Å². The highest BCUT2D eigenvalue weighted by molar-refractivity contribution is 8.26. The fourth-order valence-electron chi connectivity index (χ4n) is 3.45. The normalized spacial score (nSPS) is 15.8. The molecule has 1 fully saturated rings. The van der Waals surface area contributed by atoms with Crippen molar-refractivity contribution in [1.82, 2.24) is 4.90 Å². The Morgan fingerprint density at radius 2 is 1.94 bits per heavy atom. The zero-order valence-corrected chi connectivity index (χ0v) is 18.8. The number of aryl methyl sites for hydroxylation is 1. The number of benzene rings is 2. The molecule has 1 unspecified atom stereocenters. The Kier molecular flexibility index (Phi) is 6.12. The Labute approximate surface area is 197 Å². The molecule has 1 aromatic heterocycles. The molecule has 2 aromatic carbocycles. The maximum absolute atomic E-state index is 13.1. The van der Waals surface area contributed by atoms with Crippen LogP contribution in [0.3, 0.4) is 0 Å². The predicted octanol–water partition coefficient (Wildman–Crippen LogP) is 5.19. The highest BCUT2D eigenvalue weighted by atomic mass is 32.2. The van der Waals surface area contributed by atoms with Crippen molar-refractivity contribution in [1.29, 1.82) is 0 Å². The first kappa shape index (κ1) is 22.4. The highest BCUT2D eigenvalue weighted by Crippen LogP contribution is 2.39. The van der Waals surface area contributed by atoms with Crippen LogP contribution in [0.5, 0.6) is 0 Å². The molecule has 166 valence electrons. The van der Waals surface area contributed by atoms with Crippen molar-refractivity contribution in [2.45, 2.75) is 13.0 Å². The summed E-state index contributed by atoms with van der Waals surface area (Å²) in [5, 5.41) is 21.2. The fourth-order valence-corrected chi connectivity index (χ4v) is 4.74. The molecule has 1 atom stereocenters. The van der Waals surface area contributed by atoms with Gasteiger partial charge in [0.25, 0.3) is 11.6 Å². The minimum absolute atomic E-state index is 0.0885. The first-order valence-electron chi connectivity index (χ1n) is 9.66. The number of carboxylic acid groups (broad SMARTS) is 1. The molecule has 0 radical (unpaired) electrons. The van der Waals surface area contributed by atoms with Gasteiger partial charge in [-0.2, -0.15) is 0 Å². The Hall–Kier alpha value is -3.76. The molecule has 4 rings (SSSR count). The van der Waals surface area contributed by atoms with Gasteiger partial charge < -0.3 is 9.52 Å². The van der Waals surface area contributed by atoms with Crippen molar-refractivity contribution in [2.24, 2.45) is 0 Å². The van der Waals surface area contributed by atoms with Gasteiger partial charge in [0.1, 0.15) is 15.8 Å². The van der Waals surface area contributed by atoms with Crippen LogP contribution < -0.4 is 0 Å². The molecule has 1 aliphatic heterocycles. The van der Waals surface area contributed by atoms with Crippen LogP contribution in [-0.2, 0) is 9.59 Å². The van der Waals surface area contributed by atoms with Gasteiger partial charge in [0, 0.05) is 12.1 Å². The minimum Gasteiger partial charge on any atom is -0.479 e. The second kappa shape index (κ2) is 9.00. The van der Waals surface area contributed by atoms with Gasteiger partial charge in [0.05, 0.1) is 15.4 Å². The van der Waals surface area contributed by atoms with Crippen molar-refractivity contribution in [2.75, 3.05) is 0 Å². The van der Waals surface area contributed by atoms with E-state index in [2.05, 4.69) is 0 Å². The van der Waals surface area contributed by atoms with E-state index in [9.17, 15) is 24.8 Å². The molecule has 8 nitrogen and oxygen atoms in total. The van der Waals surface area contributed by atoms with E-state index in [0.717, 1.165) is 22.2 Å². The van der Waals surface area contributed by atoms with Crippen molar-refractivity contribution in [3.63, 3.8) is 0 Å². The lowest BCUT2D eigenvalue weighted by Gasteiger charge is -2.23. The summed E-state index contributed by atoms with van der Waals surface area (Å²) in [7, 11) is 0. The molecule has 2 heterocycles. The zero-order valence-electron chi connectivity index (χ0n) is 17.1. The number of amides is 1. The van der Waals surface area contributed by atoms with Gasteiger partial charge in [-0.25, -0.2) is 4.79 Å². The van der Waals surface area contributed by atoms with Gasteiger partial charge in [-0.3, -0.25) is 19.8 Å². The quantitative estimate of drug-likeness (QED) is 0.222. The van der Waals surface area contributed by atoms with Crippen LogP contribution >= 0.6 is 24.0 Å². The van der Waals surface area contributed by atoms with Gasteiger partial charge in [0.15, 0.2) is 6.04 Å². The van der Waals surface area contributed by atoms with E-state index in [0.29, 0.717) is 11.1 Å². The molecule has 0 spiro atoms. The molecule has 0 saturated carbocycles. The number of aliphatic carboxylic acids is 1. The molecule has 10 heteroatoms. The summed E-state index contributed by atoms with van der Waals surface area (Å²) < 4.78 is 5.86. The molecule has 3 aromatic rings. The number of furan rings is 1. The van der Waals surface area contributed by atoms with Crippen LogP contribution in [-0.4, -0.2) is 31.1 Å². The summed E-state index contributed by atoms with van der Waals surface area (Å²) in [5.74, 6) is -1.20. The maximum Gasteiger partial charge on any atom is 0.331 e. The van der Waals surface area contributed by atoms with Crippen LogP contribution in [0.4, 0.5) is 5.69 Å². The molecule has 1 N–H and O–H groups in total. The number of carbonyl (C=O) groups is 2. The van der Waals surface area contributed by atoms with Gasteiger partial charge >= 0.3 is 5.97 Å². The van der Waals surface area contributed by atoms with Crippen LogP contribution in [0, 0.1) is 17.0 Å². The average molecular weight is 481 g/mol. The van der Waals surface area contributed by atoms with E-state index in [1.54, 1.807) is 61.5 Å². The standard InChI is InChI=1S/C23H16N2O6S2/c1-13-7-9-16(17(11-13)25(29)30)18-10-8-15(31-18)12-19-21(26)24(23(32)33-19)20(22(27)28)14-5-3-2-4-6-14/h2-12,20H,1H3,(H,27,28)/b19-12+. The Balaban J connectivity index is 1.65. The first-order chi connectivity index (χ1) is 15.8. The smallest absolute Gasteiger partial charge is 0.331 e. The number of hydrogen-bond acceptors (Lipinski definition) is 7. The number of nitrogens with zero attached hydrogens (tertiary/aromatic N) is 2. The molecule has 0 bridgehead atoms. The summed E-state index contributed by atoms with van der Waals surface area (Å²) in [6.07, 6.45) is 1.45. The third-order valence-electron chi connectivity index (χ3n) is 4.95. The number of carboxylic acids is 1. The van der Waals surface area contributed by atoms with Gasteiger partial charge in [-0.1, -0.05) is 60.4 Å². The van der Waals surface area contributed by atoms with Gasteiger partial charge in [0.2, 0.25) is 0 Å². The summed E-state index contributed by atoms with van der Waals surface area (Å²) in [5.41, 5.74) is 1.39. The number of rotatable bonds is 6. The molecular formula is C23H16N2O6S2. The molecular weight excluding hydrogens is 464 g/mol. The second-order valence-corrected chi connectivity index (χ2v) is 8.86. The lowest BCUT2D eigenvalue weighted by molar-refractivity contribution is -0.384. The lowest BCUT2D eigenvalue weighted by atomic mass is 10.1. The number of thiocarbonyl (C=S) groups is 1. The van der Waals surface area contributed by atoms with Crippen molar-refractivity contribution >= 4 is 51.9 Å². The summed E-state index contributed by atoms with van der Waals surface area (Å²) >= 11 is 6.27. The summed E-state index contributed by atoms with van der Waals surface area (Å²) in [6, 6.07) is 15.1. The average Bonchev–Trinajstić information content (AvgIpc) is 3.34. The van der Waals surface area contributed by atoms with Gasteiger partial charge in [-0.15, -0.1) is 0 Å². The number of nitro benzene ring substituents is 1. The molecule has 1 saturated heterocycles. The van der Waals surface area contributed by atoms with Gasteiger partial charge in [-0.05, 0) is 36.2 Å². The highest BCUT2D eigenvalue weighted by Gasteiger charge is 2.41. The van der Waals surface area contributed by atoms with E-state index in [4.69, 9.17) is 16.6 Å². The Bertz CT molecular complexity index is 1320. The summed E-state index contributed by atoms with van der Waals surface area (Å²) in [4.78, 5) is 37.2. The minimum atomic E-state index is -1.26. The number of thioether (sulfide) groups is 1. The maximum atomic E-state index is 13.1. The van der Waals surface area contributed by atoms with E-state index in [1.165, 1.54) is 12.1 Å². The molecule has 33 heavy (non-hydrogen) atoms. The first-order valence-corrected chi connectivity index (χ1v) is 10.9. The van der Waals surface area contributed by atoms with Crippen LogP contribution in [0.1, 0.15) is 22.9 Å². The molecule has 0 aliphatic carbocycles. The van der Waals surface area contributed by atoms with Crippen LogP contribution in [0.25, 0.3) is 17.4 Å². The predicted molar refractivity (Wildman–Crippen MR) is 127 cm³/mol. The van der Waals surface area contributed by atoms with Crippen molar-refractivity contribution in [3.8, 4) is 11.3 Å². The number of carbonyl (C=O) groups excluding carboxylic acids is 1. The number of nitro groups is 1. The Morgan fingerprint density at radius 3 is 2.61 bits per heavy atom. The monoisotopic (exact) mass is 480 g/mol. The third kappa shape index (κ3) is 4.43. The molecule has 1 amide bonds. The second-order valence-electron chi connectivity index (χ2n) is 7.18. The number of hydrogen-bond donors (Lipinski definition) is 1. The van der Waals surface area contributed by atoms with E-state index in [1.807, 2.05) is 0 Å². The third-order valence-corrected chi connectivity index (χ3v) is 6.28. The fraction of sp³-hybridized carbons (Fsp3) is 0.0870. The van der Waals surface area contributed by atoms with Crippen LogP contribution in [0.15, 0.2) is 70.0 Å².